The molecule has 0 aliphatic carbocycles. The van der Waals surface area contributed by atoms with Crippen molar-refractivity contribution in [3.05, 3.63) is 87.8 Å². The molecule has 0 radical (unpaired) electrons. The van der Waals surface area contributed by atoms with Gasteiger partial charge >= 0.3 is 0 Å². The zero-order chi connectivity index (χ0) is 31.9. The number of aryl methyl sites for hydroxylation is 1. The molecule has 232 valence electrons. The maximum Gasteiger partial charge on any atom is 0.141 e. The summed E-state index contributed by atoms with van der Waals surface area (Å²) in [5.74, 6) is -0.537. The molecule has 6 rings (SSSR count). The van der Waals surface area contributed by atoms with Gasteiger partial charge in [-0.3, -0.25) is 14.6 Å². The van der Waals surface area contributed by atoms with Gasteiger partial charge in [-0.2, -0.15) is 10.4 Å². The largest absolute Gasteiger partial charge is 0.371 e. The third kappa shape index (κ3) is 6.31. The second kappa shape index (κ2) is 12.3. The number of benzene rings is 2. The van der Waals surface area contributed by atoms with Crippen LogP contribution in [0.5, 0.6) is 0 Å². The van der Waals surface area contributed by atoms with Crippen molar-refractivity contribution in [2.24, 2.45) is 7.05 Å². The summed E-state index contributed by atoms with van der Waals surface area (Å²) in [5.41, 5.74) is 4.20. The van der Waals surface area contributed by atoms with E-state index >= 15 is 0 Å². The Bertz CT molecular complexity index is 1900. The molecule has 4 heterocycles. The minimum Gasteiger partial charge on any atom is -0.371 e. The lowest BCUT2D eigenvalue weighted by Gasteiger charge is -2.40. The number of hydrogen-bond acceptors (Lipinski definition) is 8. The maximum absolute atomic E-state index is 13.8. The minimum atomic E-state index is -0.537. The van der Waals surface area contributed by atoms with Crippen LogP contribution in [0.2, 0.25) is 10.0 Å². The van der Waals surface area contributed by atoms with Gasteiger partial charge in [0, 0.05) is 54.8 Å². The SMILES string of the molecule is Cn1nccc1[C@H](Nc1cc(Cl)c2ncc(C#N)c(Nc3ccc(F)c(Cl)c3)c2c1)c1cn(C2CCN(C(C)(C)C)CC2)nn1. The molecule has 13 heteroatoms. The molecule has 1 atom stereocenters. The Labute approximate surface area is 270 Å². The second-order valence-electron chi connectivity index (χ2n) is 12.2. The first kappa shape index (κ1) is 30.8. The molecule has 1 aliphatic heterocycles. The quantitative estimate of drug-likeness (QED) is 0.190. The molecule has 0 saturated carbocycles. The van der Waals surface area contributed by atoms with Crippen molar-refractivity contribution < 1.29 is 4.39 Å². The Kier molecular flexibility index (Phi) is 8.39. The molecule has 1 saturated heterocycles. The maximum atomic E-state index is 13.8. The Balaban J connectivity index is 1.35. The summed E-state index contributed by atoms with van der Waals surface area (Å²) >= 11 is 12.8. The highest BCUT2D eigenvalue weighted by atomic mass is 35.5. The fraction of sp³-hybridized carbons (Fsp3) is 0.344. The molecule has 5 aromatic rings. The average Bonchev–Trinajstić information content (AvgIpc) is 3.67. The highest BCUT2D eigenvalue weighted by molar-refractivity contribution is 6.36. The van der Waals surface area contributed by atoms with Gasteiger partial charge in [-0.1, -0.05) is 28.4 Å². The van der Waals surface area contributed by atoms with Crippen molar-refractivity contribution in [3.63, 3.8) is 0 Å². The fourth-order valence-electron chi connectivity index (χ4n) is 5.82. The third-order valence-electron chi connectivity index (χ3n) is 8.31. The molecule has 10 nitrogen and oxygen atoms in total. The number of likely N-dealkylation sites (tertiary alicyclic amines) is 1. The van der Waals surface area contributed by atoms with E-state index in [0.29, 0.717) is 38.6 Å². The lowest BCUT2D eigenvalue weighted by Crippen LogP contribution is -2.46. The number of fused-ring (bicyclic) bond motifs is 1. The van der Waals surface area contributed by atoms with E-state index in [4.69, 9.17) is 23.2 Å². The van der Waals surface area contributed by atoms with Gasteiger partial charge in [-0.15, -0.1) is 5.10 Å². The first-order valence-corrected chi connectivity index (χ1v) is 15.4. The predicted octanol–water partition coefficient (Wildman–Crippen LogP) is 7.26. The van der Waals surface area contributed by atoms with Gasteiger partial charge in [0.25, 0.3) is 0 Å². The van der Waals surface area contributed by atoms with Crippen LogP contribution in [-0.2, 0) is 7.05 Å². The number of nitriles is 1. The van der Waals surface area contributed by atoms with Crippen LogP contribution >= 0.6 is 23.2 Å². The van der Waals surface area contributed by atoms with Crippen molar-refractivity contribution in [1.82, 2.24) is 34.7 Å². The summed E-state index contributed by atoms with van der Waals surface area (Å²) in [6.45, 7) is 8.75. The Hall–Kier alpha value is -4.24. The smallest absolute Gasteiger partial charge is 0.141 e. The summed E-state index contributed by atoms with van der Waals surface area (Å²) < 4.78 is 17.6. The van der Waals surface area contributed by atoms with Crippen LogP contribution in [0, 0.1) is 17.1 Å². The van der Waals surface area contributed by atoms with Crippen LogP contribution in [0.25, 0.3) is 10.9 Å². The number of aromatic nitrogens is 6. The van der Waals surface area contributed by atoms with Gasteiger partial charge in [-0.05, 0) is 70.0 Å². The second-order valence-corrected chi connectivity index (χ2v) is 13.1. The van der Waals surface area contributed by atoms with E-state index < -0.39 is 11.9 Å². The first-order chi connectivity index (χ1) is 21.5. The number of anilines is 3. The number of hydrogen-bond donors (Lipinski definition) is 2. The summed E-state index contributed by atoms with van der Waals surface area (Å²) in [7, 11) is 1.88. The molecule has 2 N–H and O–H groups in total. The van der Waals surface area contributed by atoms with E-state index in [0.717, 1.165) is 37.3 Å². The van der Waals surface area contributed by atoms with Crippen molar-refractivity contribution in [2.45, 2.75) is 51.2 Å². The Morgan fingerprint density at radius 1 is 1.07 bits per heavy atom. The average molecular weight is 648 g/mol. The van der Waals surface area contributed by atoms with Crippen molar-refractivity contribution in [1.29, 1.82) is 5.26 Å². The number of pyridine rings is 1. The van der Waals surface area contributed by atoms with Gasteiger partial charge < -0.3 is 10.6 Å². The number of nitrogens with one attached hydrogen (secondary N) is 2. The molecule has 0 bridgehead atoms. The molecular formula is C32H33Cl2FN10. The monoisotopic (exact) mass is 646 g/mol. The third-order valence-corrected chi connectivity index (χ3v) is 8.89. The van der Waals surface area contributed by atoms with Crippen LogP contribution < -0.4 is 10.6 Å². The molecular weight excluding hydrogens is 614 g/mol. The van der Waals surface area contributed by atoms with Gasteiger partial charge in [0.1, 0.15) is 23.6 Å². The van der Waals surface area contributed by atoms with Crippen LogP contribution in [0.4, 0.5) is 21.5 Å². The standard InChI is InChI=1S/C32H33Cl2FN10/c1-32(2,3)44-11-8-22(9-12-44)45-18-27(41-42-45)31(28-7-10-38-43(28)4)40-21-13-23-29(39-20-5-6-26(35)24(33)14-20)19(16-36)17-37-30(23)25(34)15-21/h5-7,10,13-15,17-18,22,31,40H,8-9,11-12H2,1-4H3,(H,37,39)/t31-/m1/s1. The van der Waals surface area contributed by atoms with Gasteiger partial charge in [-0.25, -0.2) is 9.07 Å². The van der Waals surface area contributed by atoms with E-state index in [1.54, 1.807) is 23.0 Å². The summed E-state index contributed by atoms with van der Waals surface area (Å²) in [6.07, 6.45) is 7.19. The van der Waals surface area contributed by atoms with Crippen LogP contribution in [0.3, 0.4) is 0 Å². The molecule has 0 unspecified atom stereocenters. The number of halogens is 3. The fourth-order valence-corrected chi connectivity index (χ4v) is 6.26. The minimum absolute atomic E-state index is 0.0379. The highest BCUT2D eigenvalue weighted by Gasteiger charge is 2.29. The van der Waals surface area contributed by atoms with Gasteiger partial charge in [0.2, 0.25) is 0 Å². The molecule has 2 aromatic carbocycles. The summed E-state index contributed by atoms with van der Waals surface area (Å²) in [6, 6.07) is 11.9. The lowest BCUT2D eigenvalue weighted by atomic mass is 9.98. The Morgan fingerprint density at radius 2 is 1.82 bits per heavy atom. The number of rotatable bonds is 7. The van der Waals surface area contributed by atoms with E-state index in [9.17, 15) is 9.65 Å². The summed E-state index contributed by atoms with van der Waals surface area (Å²) in [4.78, 5) is 6.96. The first-order valence-electron chi connectivity index (χ1n) is 14.7. The molecule has 1 fully saturated rings. The van der Waals surface area contributed by atoms with E-state index in [1.165, 1.54) is 18.3 Å². The number of piperidine rings is 1. The van der Waals surface area contributed by atoms with Crippen molar-refractivity contribution >= 4 is 51.2 Å². The zero-order valence-corrected chi connectivity index (χ0v) is 26.9. The van der Waals surface area contributed by atoms with Gasteiger partial charge in [0.15, 0.2) is 0 Å². The van der Waals surface area contributed by atoms with Crippen LogP contribution in [0.1, 0.15) is 62.6 Å². The lowest BCUT2D eigenvalue weighted by molar-refractivity contribution is 0.0866. The normalized spacial score (nSPS) is 15.2. The Morgan fingerprint density at radius 3 is 2.49 bits per heavy atom. The summed E-state index contributed by atoms with van der Waals surface area (Å²) in [5, 5.41) is 31.2. The van der Waals surface area contributed by atoms with E-state index in [1.807, 2.05) is 30.1 Å². The molecule has 0 amide bonds. The molecule has 3 aromatic heterocycles. The van der Waals surface area contributed by atoms with Crippen molar-refractivity contribution in [2.75, 3.05) is 23.7 Å². The highest BCUT2D eigenvalue weighted by Crippen LogP contribution is 2.37. The van der Waals surface area contributed by atoms with E-state index in [-0.39, 0.29) is 16.6 Å². The van der Waals surface area contributed by atoms with E-state index in [2.05, 4.69) is 62.8 Å². The molecule has 0 spiro atoms. The number of nitrogens with zero attached hydrogens (tertiary/aromatic N) is 8. The molecule has 1 aliphatic rings. The topological polar surface area (TPSA) is 113 Å². The van der Waals surface area contributed by atoms with Crippen molar-refractivity contribution in [3.8, 4) is 6.07 Å². The molecule has 45 heavy (non-hydrogen) atoms. The zero-order valence-electron chi connectivity index (χ0n) is 25.4. The van der Waals surface area contributed by atoms with Crippen LogP contribution in [-0.4, -0.2) is 53.3 Å². The predicted molar refractivity (Wildman–Crippen MR) is 174 cm³/mol. The van der Waals surface area contributed by atoms with Crippen LogP contribution in [0.15, 0.2) is 55.0 Å². The van der Waals surface area contributed by atoms with Gasteiger partial charge in [0.05, 0.1) is 44.7 Å².